The van der Waals surface area contributed by atoms with E-state index < -0.39 is 0 Å². The van der Waals surface area contributed by atoms with E-state index in [0.29, 0.717) is 0 Å². The molecule has 0 spiro atoms. The summed E-state index contributed by atoms with van der Waals surface area (Å²) in [6, 6.07) is 6.00. The van der Waals surface area contributed by atoms with Crippen LogP contribution in [0.2, 0.25) is 0 Å². The number of anilines is 1. The van der Waals surface area contributed by atoms with Gasteiger partial charge < -0.3 is 5.73 Å². The van der Waals surface area contributed by atoms with E-state index in [1.165, 1.54) is 5.56 Å². The topological polar surface area (TPSA) is 56.7 Å². The SMILES string of the molecule is Cc1cc2c(-n3nc(C)c(C)c3C)ccc(N)c2cn1. The van der Waals surface area contributed by atoms with E-state index in [1.807, 2.05) is 36.9 Å². The second-order valence-corrected chi connectivity index (χ2v) is 5.25. The molecule has 0 aliphatic carbocycles. The molecule has 4 heteroatoms. The van der Waals surface area contributed by atoms with Crippen LogP contribution >= 0.6 is 0 Å². The Bertz CT molecular complexity index is 815. The highest BCUT2D eigenvalue weighted by atomic mass is 15.3. The number of hydrogen-bond acceptors (Lipinski definition) is 3. The Morgan fingerprint density at radius 3 is 2.45 bits per heavy atom. The summed E-state index contributed by atoms with van der Waals surface area (Å²) in [6.45, 7) is 8.20. The van der Waals surface area contributed by atoms with Crippen molar-refractivity contribution in [2.75, 3.05) is 5.73 Å². The molecule has 3 rings (SSSR count). The molecule has 0 saturated carbocycles. The van der Waals surface area contributed by atoms with Crippen molar-refractivity contribution in [1.29, 1.82) is 0 Å². The zero-order valence-electron chi connectivity index (χ0n) is 12.2. The zero-order valence-corrected chi connectivity index (χ0v) is 12.2. The molecule has 102 valence electrons. The van der Waals surface area contributed by atoms with Gasteiger partial charge in [0.15, 0.2) is 0 Å². The van der Waals surface area contributed by atoms with Crippen molar-refractivity contribution in [2.24, 2.45) is 0 Å². The number of nitrogens with two attached hydrogens (primary N) is 1. The van der Waals surface area contributed by atoms with Gasteiger partial charge in [-0.15, -0.1) is 0 Å². The van der Waals surface area contributed by atoms with Crippen LogP contribution in [0.1, 0.15) is 22.6 Å². The number of aryl methyl sites for hydroxylation is 2. The van der Waals surface area contributed by atoms with Gasteiger partial charge in [0.25, 0.3) is 0 Å². The van der Waals surface area contributed by atoms with E-state index in [9.17, 15) is 0 Å². The highest BCUT2D eigenvalue weighted by Crippen LogP contribution is 2.28. The molecule has 4 nitrogen and oxygen atoms in total. The molecule has 0 radical (unpaired) electrons. The Balaban J connectivity index is 2.39. The summed E-state index contributed by atoms with van der Waals surface area (Å²) in [6.07, 6.45) is 1.84. The average molecular weight is 266 g/mol. The van der Waals surface area contributed by atoms with Crippen LogP contribution < -0.4 is 5.73 Å². The first-order valence-electron chi connectivity index (χ1n) is 6.67. The van der Waals surface area contributed by atoms with Gasteiger partial charge in [-0.25, -0.2) is 4.68 Å². The Labute approximate surface area is 118 Å². The fourth-order valence-corrected chi connectivity index (χ4v) is 2.49. The van der Waals surface area contributed by atoms with E-state index in [1.54, 1.807) is 0 Å². The number of nitrogens with zero attached hydrogens (tertiary/aromatic N) is 3. The van der Waals surface area contributed by atoms with Gasteiger partial charge in [-0.05, 0) is 51.5 Å². The Morgan fingerprint density at radius 1 is 1.05 bits per heavy atom. The first kappa shape index (κ1) is 12.7. The van der Waals surface area contributed by atoms with Gasteiger partial charge in [-0.1, -0.05) is 0 Å². The molecule has 2 heterocycles. The van der Waals surface area contributed by atoms with Crippen molar-refractivity contribution in [3.63, 3.8) is 0 Å². The summed E-state index contributed by atoms with van der Waals surface area (Å²) in [4.78, 5) is 4.34. The molecule has 1 aromatic carbocycles. The Kier molecular flexibility index (Phi) is 2.74. The lowest BCUT2D eigenvalue weighted by Crippen LogP contribution is -2.02. The van der Waals surface area contributed by atoms with Crippen LogP contribution in [0.4, 0.5) is 5.69 Å². The predicted molar refractivity (Wildman–Crippen MR) is 82.2 cm³/mol. The molecular formula is C16H18N4. The highest BCUT2D eigenvalue weighted by molar-refractivity contribution is 5.98. The van der Waals surface area contributed by atoms with Crippen molar-refractivity contribution in [3.05, 3.63) is 47.0 Å². The molecule has 2 aromatic heterocycles. The number of rotatable bonds is 1. The average Bonchev–Trinajstić information content (AvgIpc) is 2.67. The molecule has 0 fully saturated rings. The third kappa shape index (κ3) is 1.76. The fraction of sp³-hybridized carbons (Fsp3) is 0.250. The number of pyridine rings is 1. The molecule has 0 aliphatic heterocycles. The van der Waals surface area contributed by atoms with Crippen molar-refractivity contribution in [3.8, 4) is 5.69 Å². The molecule has 3 aromatic rings. The minimum Gasteiger partial charge on any atom is -0.398 e. The number of aromatic nitrogens is 3. The van der Waals surface area contributed by atoms with Crippen molar-refractivity contribution < 1.29 is 0 Å². The summed E-state index contributed by atoms with van der Waals surface area (Å²) in [5.74, 6) is 0. The summed E-state index contributed by atoms with van der Waals surface area (Å²) in [7, 11) is 0. The molecule has 0 atom stereocenters. The molecule has 2 N–H and O–H groups in total. The molecular weight excluding hydrogens is 248 g/mol. The number of nitrogen functional groups attached to an aromatic ring is 1. The standard InChI is InChI=1S/C16H18N4/c1-9-7-13-14(8-18-9)15(17)5-6-16(13)20-12(4)10(2)11(3)19-20/h5-8H,17H2,1-4H3. The van der Waals surface area contributed by atoms with Gasteiger partial charge in [-0.2, -0.15) is 5.10 Å². The molecule has 0 amide bonds. The third-order valence-corrected chi connectivity index (χ3v) is 3.93. The van der Waals surface area contributed by atoms with Crippen LogP contribution in [0.5, 0.6) is 0 Å². The number of fused-ring (bicyclic) bond motifs is 1. The van der Waals surface area contributed by atoms with E-state index in [4.69, 9.17) is 5.73 Å². The molecule has 0 aliphatic rings. The maximum Gasteiger partial charge on any atom is 0.0729 e. The largest absolute Gasteiger partial charge is 0.398 e. The maximum absolute atomic E-state index is 6.06. The summed E-state index contributed by atoms with van der Waals surface area (Å²) < 4.78 is 1.99. The third-order valence-electron chi connectivity index (χ3n) is 3.93. The monoisotopic (exact) mass is 266 g/mol. The molecule has 0 bridgehead atoms. The Hall–Kier alpha value is -2.36. The predicted octanol–water partition coefficient (Wildman–Crippen LogP) is 3.24. The van der Waals surface area contributed by atoms with Gasteiger partial charge in [-0.3, -0.25) is 4.98 Å². The van der Waals surface area contributed by atoms with Crippen molar-refractivity contribution in [1.82, 2.24) is 14.8 Å². The van der Waals surface area contributed by atoms with E-state index >= 15 is 0 Å². The lowest BCUT2D eigenvalue weighted by atomic mass is 10.1. The van der Waals surface area contributed by atoms with E-state index in [2.05, 4.69) is 30.0 Å². The van der Waals surface area contributed by atoms with E-state index in [0.717, 1.165) is 39.2 Å². The minimum absolute atomic E-state index is 0.745. The molecule has 20 heavy (non-hydrogen) atoms. The van der Waals surface area contributed by atoms with Gasteiger partial charge >= 0.3 is 0 Å². The van der Waals surface area contributed by atoms with Crippen LogP contribution in [-0.2, 0) is 0 Å². The van der Waals surface area contributed by atoms with Crippen LogP contribution in [0.3, 0.4) is 0 Å². The Morgan fingerprint density at radius 2 is 1.80 bits per heavy atom. The van der Waals surface area contributed by atoms with Gasteiger partial charge in [0.1, 0.15) is 0 Å². The van der Waals surface area contributed by atoms with Gasteiger partial charge in [0, 0.05) is 34.0 Å². The molecule has 0 saturated heterocycles. The van der Waals surface area contributed by atoms with Crippen molar-refractivity contribution >= 4 is 16.5 Å². The van der Waals surface area contributed by atoms with Crippen LogP contribution in [0.25, 0.3) is 16.5 Å². The zero-order chi connectivity index (χ0) is 14.4. The van der Waals surface area contributed by atoms with Crippen LogP contribution in [-0.4, -0.2) is 14.8 Å². The first-order chi connectivity index (χ1) is 9.49. The molecule has 0 unspecified atom stereocenters. The summed E-state index contributed by atoms with van der Waals surface area (Å²) in [5, 5.41) is 6.70. The lowest BCUT2D eigenvalue weighted by molar-refractivity contribution is 0.839. The minimum atomic E-state index is 0.745. The lowest BCUT2D eigenvalue weighted by Gasteiger charge is -2.11. The summed E-state index contributed by atoms with van der Waals surface area (Å²) >= 11 is 0. The van der Waals surface area contributed by atoms with Gasteiger partial charge in [0.05, 0.1) is 11.4 Å². The highest BCUT2D eigenvalue weighted by Gasteiger charge is 2.13. The second-order valence-electron chi connectivity index (χ2n) is 5.25. The first-order valence-corrected chi connectivity index (χ1v) is 6.67. The smallest absolute Gasteiger partial charge is 0.0729 e. The summed E-state index contributed by atoms with van der Waals surface area (Å²) in [5.41, 5.74) is 12.3. The van der Waals surface area contributed by atoms with Gasteiger partial charge in [0.2, 0.25) is 0 Å². The number of hydrogen-bond donors (Lipinski definition) is 1. The quantitative estimate of drug-likeness (QED) is 0.688. The van der Waals surface area contributed by atoms with E-state index in [-0.39, 0.29) is 0 Å². The maximum atomic E-state index is 6.06. The normalized spacial score (nSPS) is 11.2. The fourth-order valence-electron chi connectivity index (χ4n) is 2.49. The second kappa shape index (κ2) is 4.34. The van der Waals surface area contributed by atoms with Crippen LogP contribution in [0, 0.1) is 27.7 Å². The van der Waals surface area contributed by atoms with Crippen LogP contribution in [0.15, 0.2) is 24.4 Å². The van der Waals surface area contributed by atoms with Crippen molar-refractivity contribution in [2.45, 2.75) is 27.7 Å². The number of benzene rings is 1.